The lowest BCUT2D eigenvalue weighted by atomic mass is 10.2. The van der Waals surface area contributed by atoms with Gasteiger partial charge in [-0.15, -0.1) is 0 Å². The van der Waals surface area contributed by atoms with Crippen molar-refractivity contribution in [2.45, 2.75) is 50.8 Å². The standard InChI is InChI=1S/C12H20Br2/c1-4-5-6-7-8-11(13)12(14)9(2)10(12)3/h8-10H,4-7H2,1-3H3/b11-8-/t9-,10-/m0/s1. The second-order valence-corrected chi connectivity index (χ2v) is 6.56. The monoisotopic (exact) mass is 322 g/mol. The molecule has 0 saturated heterocycles. The topological polar surface area (TPSA) is 0 Å². The Morgan fingerprint density at radius 2 is 1.86 bits per heavy atom. The summed E-state index contributed by atoms with van der Waals surface area (Å²) in [5, 5.41) is 0. The molecule has 0 nitrogen and oxygen atoms in total. The summed E-state index contributed by atoms with van der Waals surface area (Å²) in [4.78, 5) is 0. The molecule has 0 unspecified atom stereocenters. The lowest BCUT2D eigenvalue weighted by molar-refractivity contribution is 0.727. The maximum absolute atomic E-state index is 3.84. The van der Waals surface area contributed by atoms with Crippen LogP contribution in [0.2, 0.25) is 0 Å². The largest absolute Gasteiger partial charge is 0.0789 e. The molecule has 0 spiro atoms. The van der Waals surface area contributed by atoms with Crippen molar-refractivity contribution < 1.29 is 0 Å². The maximum atomic E-state index is 3.84. The first-order valence-corrected chi connectivity index (χ1v) is 7.18. The van der Waals surface area contributed by atoms with E-state index in [1.165, 1.54) is 30.2 Å². The Morgan fingerprint density at radius 3 is 2.29 bits per heavy atom. The number of hydrogen-bond donors (Lipinski definition) is 0. The molecule has 1 rings (SSSR count). The third-order valence-electron chi connectivity index (χ3n) is 3.46. The molecule has 0 aromatic carbocycles. The predicted octanol–water partition coefficient (Wildman–Crippen LogP) is 5.27. The number of alkyl halides is 1. The van der Waals surface area contributed by atoms with Gasteiger partial charge in [0.2, 0.25) is 0 Å². The van der Waals surface area contributed by atoms with Gasteiger partial charge in [0.05, 0.1) is 4.32 Å². The van der Waals surface area contributed by atoms with Gasteiger partial charge in [0.15, 0.2) is 0 Å². The van der Waals surface area contributed by atoms with Crippen LogP contribution in [0.25, 0.3) is 0 Å². The van der Waals surface area contributed by atoms with Crippen molar-refractivity contribution in [1.82, 2.24) is 0 Å². The van der Waals surface area contributed by atoms with Crippen LogP contribution >= 0.6 is 31.9 Å². The molecular formula is C12H20Br2. The van der Waals surface area contributed by atoms with Crippen molar-refractivity contribution in [1.29, 1.82) is 0 Å². The van der Waals surface area contributed by atoms with Gasteiger partial charge in [-0.3, -0.25) is 0 Å². The third-order valence-corrected chi connectivity index (χ3v) is 6.85. The molecule has 1 saturated carbocycles. The smallest absolute Gasteiger partial charge is 0.0625 e. The molecule has 2 atom stereocenters. The summed E-state index contributed by atoms with van der Waals surface area (Å²) in [6.07, 6.45) is 7.53. The third kappa shape index (κ3) is 2.44. The number of unbranched alkanes of at least 4 members (excludes halogenated alkanes) is 3. The van der Waals surface area contributed by atoms with Gasteiger partial charge >= 0.3 is 0 Å². The van der Waals surface area contributed by atoms with Crippen molar-refractivity contribution in [2.24, 2.45) is 11.8 Å². The summed E-state index contributed by atoms with van der Waals surface area (Å²) >= 11 is 7.55. The highest BCUT2D eigenvalue weighted by atomic mass is 79.9. The van der Waals surface area contributed by atoms with Gasteiger partial charge in [-0.2, -0.15) is 0 Å². The zero-order valence-corrected chi connectivity index (χ0v) is 12.5. The van der Waals surface area contributed by atoms with Crippen LogP contribution in [0.4, 0.5) is 0 Å². The van der Waals surface area contributed by atoms with E-state index in [0.717, 1.165) is 11.8 Å². The molecule has 0 N–H and O–H groups in total. The fourth-order valence-corrected chi connectivity index (χ4v) is 3.71. The molecule has 1 fully saturated rings. The van der Waals surface area contributed by atoms with Crippen LogP contribution in [0.1, 0.15) is 46.5 Å². The van der Waals surface area contributed by atoms with Gasteiger partial charge in [-0.1, -0.05) is 71.5 Å². The molecule has 0 heterocycles. The maximum Gasteiger partial charge on any atom is 0.0625 e. The predicted molar refractivity (Wildman–Crippen MR) is 71.1 cm³/mol. The minimum absolute atomic E-state index is 0.263. The van der Waals surface area contributed by atoms with Crippen LogP contribution in [0.3, 0.4) is 0 Å². The lowest BCUT2D eigenvalue weighted by Crippen LogP contribution is -2.01. The van der Waals surface area contributed by atoms with Crippen molar-refractivity contribution in [3.63, 3.8) is 0 Å². The lowest BCUT2D eigenvalue weighted by Gasteiger charge is -2.07. The van der Waals surface area contributed by atoms with Gasteiger partial charge in [0.1, 0.15) is 0 Å². The fraction of sp³-hybridized carbons (Fsp3) is 0.833. The van der Waals surface area contributed by atoms with Crippen LogP contribution in [-0.4, -0.2) is 4.32 Å². The van der Waals surface area contributed by atoms with Gasteiger partial charge in [0.25, 0.3) is 0 Å². The van der Waals surface area contributed by atoms with Crippen LogP contribution in [0.5, 0.6) is 0 Å². The first kappa shape index (κ1) is 12.8. The Bertz CT molecular complexity index is 212. The molecule has 0 bridgehead atoms. The van der Waals surface area contributed by atoms with Gasteiger partial charge < -0.3 is 0 Å². The molecule has 14 heavy (non-hydrogen) atoms. The van der Waals surface area contributed by atoms with E-state index in [2.05, 4.69) is 58.7 Å². The van der Waals surface area contributed by atoms with E-state index in [1.54, 1.807) is 0 Å². The normalized spacial score (nSPS) is 37.4. The van der Waals surface area contributed by atoms with Gasteiger partial charge in [0, 0.05) is 4.48 Å². The Kier molecular flexibility index (Phi) is 4.70. The Hall–Kier alpha value is 0.700. The Morgan fingerprint density at radius 1 is 1.29 bits per heavy atom. The van der Waals surface area contributed by atoms with E-state index in [-0.39, 0.29) is 4.32 Å². The Labute approximate surface area is 105 Å². The number of rotatable bonds is 5. The molecule has 0 aromatic rings. The molecule has 82 valence electrons. The number of allylic oxidation sites excluding steroid dienone is 2. The minimum atomic E-state index is 0.263. The van der Waals surface area contributed by atoms with E-state index >= 15 is 0 Å². The zero-order chi connectivity index (χ0) is 10.8. The molecule has 2 heteroatoms. The molecule has 1 aliphatic rings. The molecule has 0 radical (unpaired) electrons. The SMILES string of the molecule is CCCCC/C=C(\Br)C1(Br)[C@@H](C)[C@@H]1C. The summed E-state index contributed by atoms with van der Waals surface area (Å²) in [6.45, 7) is 6.86. The highest BCUT2D eigenvalue weighted by molar-refractivity contribution is 9.14. The van der Waals surface area contributed by atoms with Crippen LogP contribution in [0, 0.1) is 11.8 Å². The average Bonchev–Trinajstić information content (AvgIpc) is 2.66. The highest BCUT2D eigenvalue weighted by Gasteiger charge is 2.59. The van der Waals surface area contributed by atoms with E-state index in [0.29, 0.717) is 0 Å². The zero-order valence-electron chi connectivity index (χ0n) is 9.32. The van der Waals surface area contributed by atoms with Crippen LogP contribution < -0.4 is 0 Å². The van der Waals surface area contributed by atoms with Gasteiger partial charge in [-0.25, -0.2) is 0 Å². The summed E-state index contributed by atoms with van der Waals surface area (Å²) < 4.78 is 1.63. The number of halogens is 2. The molecule has 0 aromatic heterocycles. The highest BCUT2D eigenvalue weighted by Crippen LogP contribution is 2.62. The van der Waals surface area contributed by atoms with Crippen molar-refractivity contribution >= 4 is 31.9 Å². The van der Waals surface area contributed by atoms with Crippen molar-refractivity contribution in [3.8, 4) is 0 Å². The average molecular weight is 324 g/mol. The van der Waals surface area contributed by atoms with E-state index < -0.39 is 0 Å². The van der Waals surface area contributed by atoms with Crippen molar-refractivity contribution in [3.05, 3.63) is 10.6 Å². The van der Waals surface area contributed by atoms with Crippen molar-refractivity contribution in [2.75, 3.05) is 0 Å². The first-order valence-electron chi connectivity index (χ1n) is 5.60. The molecule has 0 amide bonds. The quantitative estimate of drug-likeness (QED) is 0.478. The fourth-order valence-electron chi connectivity index (χ4n) is 1.94. The van der Waals surface area contributed by atoms with E-state index in [4.69, 9.17) is 0 Å². The summed E-state index contributed by atoms with van der Waals surface area (Å²) in [5.74, 6) is 1.53. The molecule has 0 aliphatic heterocycles. The first-order chi connectivity index (χ1) is 6.55. The van der Waals surface area contributed by atoms with E-state index in [1.807, 2.05) is 0 Å². The van der Waals surface area contributed by atoms with Crippen LogP contribution in [-0.2, 0) is 0 Å². The van der Waals surface area contributed by atoms with E-state index in [9.17, 15) is 0 Å². The Balaban J connectivity index is 2.38. The second kappa shape index (κ2) is 5.16. The van der Waals surface area contributed by atoms with Gasteiger partial charge in [-0.05, 0) is 24.7 Å². The molecule has 1 aliphatic carbocycles. The minimum Gasteiger partial charge on any atom is -0.0789 e. The number of hydrogen-bond acceptors (Lipinski definition) is 0. The van der Waals surface area contributed by atoms with Crippen LogP contribution in [0.15, 0.2) is 10.6 Å². The molecular weight excluding hydrogens is 304 g/mol. The second-order valence-electron chi connectivity index (χ2n) is 4.39. The summed E-state index contributed by atoms with van der Waals surface area (Å²) in [6, 6.07) is 0. The summed E-state index contributed by atoms with van der Waals surface area (Å²) in [5.41, 5.74) is 0. The summed E-state index contributed by atoms with van der Waals surface area (Å²) in [7, 11) is 0.